The Morgan fingerprint density at radius 2 is 2.07 bits per heavy atom. The molecule has 0 aliphatic heterocycles. The van der Waals surface area contributed by atoms with Gasteiger partial charge in [0.2, 0.25) is 0 Å². The summed E-state index contributed by atoms with van der Waals surface area (Å²) in [5.41, 5.74) is 1.37. The van der Waals surface area contributed by atoms with Crippen molar-refractivity contribution in [2.75, 3.05) is 0 Å². The fraction of sp³-hybridized carbons (Fsp3) is 0.462. The molecule has 1 aliphatic rings. The summed E-state index contributed by atoms with van der Waals surface area (Å²) in [6.45, 7) is 0. The van der Waals surface area contributed by atoms with E-state index in [1.165, 1.54) is 18.4 Å². The molecule has 2 rings (SSSR count). The molecule has 0 radical (unpaired) electrons. The smallest absolute Gasteiger partial charge is 0.0667 e. The average Bonchev–Trinajstić information content (AvgIpc) is 2.75. The van der Waals surface area contributed by atoms with Crippen LogP contribution < -0.4 is 0 Å². The molecule has 1 aromatic rings. The van der Waals surface area contributed by atoms with E-state index < -0.39 is 0 Å². The van der Waals surface area contributed by atoms with Gasteiger partial charge in [-0.05, 0) is 18.4 Å². The van der Waals surface area contributed by atoms with E-state index in [1.54, 1.807) is 0 Å². The number of nitriles is 1. The van der Waals surface area contributed by atoms with Gasteiger partial charge in [0, 0.05) is 11.0 Å². The van der Waals surface area contributed by atoms with Crippen LogP contribution in [-0.2, 0) is 5.75 Å². The summed E-state index contributed by atoms with van der Waals surface area (Å²) >= 11 is 1.95. The Morgan fingerprint density at radius 3 is 2.80 bits per heavy atom. The van der Waals surface area contributed by atoms with Crippen LogP contribution in [0.5, 0.6) is 0 Å². The Bertz CT molecular complexity index is 341. The number of benzene rings is 1. The summed E-state index contributed by atoms with van der Waals surface area (Å²) in [4.78, 5) is 0. The second kappa shape index (κ2) is 5.23. The molecule has 78 valence electrons. The van der Waals surface area contributed by atoms with Gasteiger partial charge in [-0.3, -0.25) is 0 Å². The quantitative estimate of drug-likeness (QED) is 0.772. The highest BCUT2D eigenvalue weighted by Gasteiger charge is 2.27. The third kappa shape index (κ3) is 2.76. The highest BCUT2D eigenvalue weighted by Crippen LogP contribution is 2.36. The van der Waals surface area contributed by atoms with Crippen molar-refractivity contribution in [3.8, 4) is 6.07 Å². The molecular formula is C13H15NS. The van der Waals surface area contributed by atoms with Crippen LogP contribution in [0, 0.1) is 17.2 Å². The minimum Gasteiger partial charge on any atom is -0.198 e. The lowest BCUT2D eigenvalue weighted by Gasteiger charge is -2.12. The van der Waals surface area contributed by atoms with E-state index in [4.69, 9.17) is 5.26 Å². The van der Waals surface area contributed by atoms with Crippen LogP contribution in [-0.4, -0.2) is 5.25 Å². The van der Waals surface area contributed by atoms with Crippen LogP contribution >= 0.6 is 11.8 Å². The van der Waals surface area contributed by atoms with Gasteiger partial charge in [-0.15, -0.1) is 0 Å². The van der Waals surface area contributed by atoms with E-state index in [9.17, 15) is 0 Å². The monoisotopic (exact) mass is 217 g/mol. The molecule has 1 fully saturated rings. The first-order valence-corrected chi connectivity index (χ1v) is 6.50. The van der Waals surface area contributed by atoms with Crippen molar-refractivity contribution in [1.82, 2.24) is 0 Å². The van der Waals surface area contributed by atoms with Gasteiger partial charge < -0.3 is 0 Å². The first-order chi connectivity index (χ1) is 7.40. The van der Waals surface area contributed by atoms with Crippen LogP contribution in [0.2, 0.25) is 0 Å². The van der Waals surface area contributed by atoms with Gasteiger partial charge >= 0.3 is 0 Å². The minimum absolute atomic E-state index is 0.290. The molecule has 0 amide bonds. The molecule has 15 heavy (non-hydrogen) atoms. The minimum atomic E-state index is 0.290. The largest absolute Gasteiger partial charge is 0.198 e. The van der Waals surface area contributed by atoms with Crippen molar-refractivity contribution >= 4 is 11.8 Å². The molecule has 0 N–H and O–H groups in total. The highest BCUT2D eigenvalue weighted by molar-refractivity contribution is 7.99. The van der Waals surface area contributed by atoms with E-state index in [2.05, 4.69) is 30.3 Å². The van der Waals surface area contributed by atoms with E-state index in [0.29, 0.717) is 11.2 Å². The van der Waals surface area contributed by atoms with Gasteiger partial charge in [-0.2, -0.15) is 17.0 Å². The van der Waals surface area contributed by atoms with Crippen LogP contribution in [0.4, 0.5) is 0 Å². The maximum atomic E-state index is 8.97. The molecule has 0 aromatic heterocycles. The van der Waals surface area contributed by atoms with Crippen LogP contribution in [0.15, 0.2) is 30.3 Å². The molecule has 0 heterocycles. The Labute approximate surface area is 95.5 Å². The summed E-state index contributed by atoms with van der Waals surface area (Å²) in [5, 5.41) is 9.54. The first kappa shape index (κ1) is 10.6. The van der Waals surface area contributed by atoms with Crippen molar-refractivity contribution in [2.24, 2.45) is 5.92 Å². The molecule has 2 unspecified atom stereocenters. The third-order valence-corrected chi connectivity index (χ3v) is 4.42. The predicted molar refractivity (Wildman–Crippen MR) is 64.5 cm³/mol. The predicted octanol–water partition coefficient (Wildman–Crippen LogP) is 3.61. The molecule has 1 aliphatic carbocycles. The van der Waals surface area contributed by atoms with E-state index in [-0.39, 0.29) is 0 Å². The van der Waals surface area contributed by atoms with Crippen molar-refractivity contribution in [3.63, 3.8) is 0 Å². The Morgan fingerprint density at radius 1 is 1.27 bits per heavy atom. The number of nitrogens with zero attached hydrogens (tertiary/aromatic N) is 1. The van der Waals surface area contributed by atoms with Gasteiger partial charge in [0.15, 0.2) is 0 Å². The zero-order chi connectivity index (χ0) is 10.5. The van der Waals surface area contributed by atoms with Crippen molar-refractivity contribution in [2.45, 2.75) is 30.3 Å². The van der Waals surface area contributed by atoms with E-state index in [1.807, 2.05) is 17.8 Å². The van der Waals surface area contributed by atoms with Crippen LogP contribution in [0.1, 0.15) is 24.8 Å². The van der Waals surface area contributed by atoms with E-state index in [0.717, 1.165) is 12.2 Å². The SMILES string of the molecule is N#CC1CCCC1SCc1ccccc1. The topological polar surface area (TPSA) is 23.8 Å². The summed E-state index contributed by atoms with van der Waals surface area (Å²) in [6.07, 6.45) is 3.55. The molecule has 0 spiro atoms. The lowest BCUT2D eigenvalue weighted by molar-refractivity contribution is 0.714. The maximum Gasteiger partial charge on any atom is 0.0667 e. The van der Waals surface area contributed by atoms with Gasteiger partial charge in [-0.25, -0.2) is 0 Å². The van der Waals surface area contributed by atoms with Crippen LogP contribution in [0.25, 0.3) is 0 Å². The van der Waals surface area contributed by atoms with Crippen molar-refractivity contribution in [1.29, 1.82) is 5.26 Å². The highest BCUT2D eigenvalue weighted by atomic mass is 32.2. The first-order valence-electron chi connectivity index (χ1n) is 5.45. The second-order valence-corrected chi connectivity index (χ2v) is 5.23. The summed E-state index contributed by atoms with van der Waals surface area (Å²) < 4.78 is 0. The Balaban J connectivity index is 1.86. The fourth-order valence-corrected chi connectivity index (χ4v) is 3.41. The van der Waals surface area contributed by atoms with E-state index >= 15 is 0 Å². The van der Waals surface area contributed by atoms with Gasteiger partial charge in [0.05, 0.1) is 12.0 Å². The number of hydrogen-bond acceptors (Lipinski definition) is 2. The molecule has 2 atom stereocenters. The van der Waals surface area contributed by atoms with Crippen LogP contribution in [0.3, 0.4) is 0 Å². The molecule has 0 saturated heterocycles. The molecule has 1 nitrogen and oxygen atoms in total. The zero-order valence-electron chi connectivity index (χ0n) is 8.73. The number of thioether (sulfide) groups is 1. The zero-order valence-corrected chi connectivity index (χ0v) is 9.54. The van der Waals surface area contributed by atoms with Crippen molar-refractivity contribution in [3.05, 3.63) is 35.9 Å². The number of rotatable bonds is 3. The molecule has 2 heteroatoms. The summed E-state index contributed by atoms with van der Waals surface area (Å²) in [6, 6.07) is 12.9. The molecule has 0 bridgehead atoms. The third-order valence-electron chi connectivity index (χ3n) is 2.93. The molecular weight excluding hydrogens is 202 g/mol. The standard InChI is InChI=1S/C13H15NS/c14-9-12-7-4-8-13(12)15-10-11-5-2-1-3-6-11/h1-3,5-6,12-13H,4,7-8,10H2. The van der Waals surface area contributed by atoms with Gasteiger partial charge in [-0.1, -0.05) is 36.8 Å². The number of hydrogen-bond donors (Lipinski definition) is 0. The Hall–Kier alpha value is -0.940. The molecule has 1 aromatic carbocycles. The normalized spacial score (nSPS) is 25.0. The lowest BCUT2D eigenvalue weighted by Crippen LogP contribution is -2.07. The maximum absolute atomic E-state index is 8.97. The summed E-state index contributed by atoms with van der Waals surface area (Å²) in [7, 11) is 0. The van der Waals surface area contributed by atoms with Crippen molar-refractivity contribution < 1.29 is 0 Å². The average molecular weight is 217 g/mol. The summed E-state index contributed by atoms with van der Waals surface area (Å²) in [5.74, 6) is 1.34. The lowest BCUT2D eigenvalue weighted by atomic mass is 10.1. The van der Waals surface area contributed by atoms with Gasteiger partial charge in [0.25, 0.3) is 0 Å². The Kier molecular flexibility index (Phi) is 3.69. The second-order valence-electron chi connectivity index (χ2n) is 4.00. The fourth-order valence-electron chi connectivity index (χ4n) is 2.05. The van der Waals surface area contributed by atoms with Gasteiger partial charge in [0.1, 0.15) is 0 Å². The molecule has 1 saturated carbocycles.